The predicted molar refractivity (Wildman–Crippen MR) is 68.3 cm³/mol. The minimum absolute atomic E-state index is 0.0176. The number of ether oxygens (including phenoxy) is 2. The van der Waals surface area contributed by atoms with Crippen LogP contribution in [0.1, 0.15) is 24.4 Å². The van der Waals surface area contributed by atoms with Crippen LogP contribution in [0.15, 0.2) is 18.2 Å². The first kappa shape index (κ1) is 13.3. The molecule has 3 nitrogen and oxygen atoms in total. The third-order valence-electron chi connectivity index (χ3n) is 3.60. The van der Waals surface area contributed by atoms with Gasteiger partial charge >= 0.3 is 0 Å². The smallest absolute Gasteiger partial charge is 0.169 e. The van der Waals surface area contributed by atoms with Gasteiger partial charge in [-0.05, 0) is 31.9 Å². The number of hydrogen-bond donors (Lipinski definition) is 1. The molecule has 0 spiro atoms. The third kappa shape index (κ3) is 2.65. The summed E-state index contributed by atoms with van der Waals surface area (Å²) in [5.41, 5.74) is 0.684. The molecule has 100 valence electrons. The highest BCUT2D eigenvalue weighted by Crippen LogP contribution is 2.33. The van der Waals surface area contributed by atoms with E-state index in [1.165, 1.54) is 7.11 Å². The van der Waals surface area contributed by atoms with Gasteiger partial charge in [0, 0.05) is 24.8 Å². The average Bonchev–Trinajstić information content (AvgIpc) is 2.43. The van der Waals surface area contributed by atoms with Crippen LogP contribution in [-0.2, 0) is 4.74 Å². The van der Waals surface area contributed by atoms with Crippen molar-refractivity contribution in [3.63, 3.8) is 0 Å². The Morgan fingerprint density at radius 1 is 1.39 bits per heavy atom. The number of methoxy groups -OCH3 is 1. The molecule has 0 radical (unpaired) electrons. The van der Waals surface area contributed by atoms with E-state index in [0.717, 1.165) is 26.1 Å². The average molecular weight is 253 g/mol. The Balaban J connectivity index is 2.26. The molecule has 1 N–H and O–H groups in total. The fourth-order valence-corrected chi connectivity index (χ4v) is 2.62. The van der Waals surface area contributed by atoms with Gasteiger partial charge in [0.2, 0.25) is 0 Å². The summed E-state index contributed by atoms with van der Waals surface area (Å²) >= 11 is 0. The van der Waals surface area contributed by atoms with Gasteiger partial charge in [-0.15, -0.1) is 0 Å². The minimum Gasteiger partial charge on any atom is -0.494 e. The van der Waals surface area contributed by atoms with Gasteiger partial charge in [0.25, 0.3) is 0 Å². The molecule has 1 aromatic carbocycles. The van der Waals surface area contributed by atoms with Gasteiger partial charge < -0.3 is 14.8 Å². The second-order valence-electron chi connectivity index (χ2n) is 4.58. The van der Waals surface area contributed by atoms with E-state index in [0.29, 0.717) is 17.2 Å². The van der Waals surface area contributed by atoms with Crippen LogP contribution in [0.3, 0.4) is 0 Å². The largest absolute Gasteiger partial charge is 0.494 e. The van der Waals surface area contributed by atoms with E-state index in [-0.39, 0.29) is 11.9 Å². The molecule has 1 aromatic rings. The van der Waals surface area contributed by atoms with Gasteiger partial charge in [-0.3, -0.25) is 0 Å². The van der Waals surface area contributed by atoms with Gasteiger partial charge in [0.15, 0.2) is 11.6 Å². The lowest BCUT2D eigenvalue weighted by molar-refractivity contribution is 0.0541. The van der Waals surface area contributed by atoms with Crippen LogP contribution in [-0.4, -0.2) is 27.4 Å². The second-order valence-corrected chi connectivity index (χ2v) is 4.58. The summed E-state index contributed by atoms with van der Waals surface area (Å²) in [5, 5.41) is 3.23. The van der Waals surface area contributed by atoms with Crippen molar-refractivity contribution in [2.45, 2.75) is 18.9 Å². The van der Waals surface area contributed by atoms with Crippen LogP contribution in [0, 0.1) is 11.7 Å². The molecule has 1 heterocycles. The van der Waals surface area contributed by atoms with E-state index in [1.54, 1.807) is 6.07 Å². The van der Waals surface area contributed by atoms with Gasteiger partial charge in [-0.1, -0.05) is 12.1 Å². The number of halogens is 1. The molecule has 1 aliphatic heterocycles. The maximum absolute atomic E-state index is 14.3. The van der Waals surface area contributed by atoms with Crippen molar-refractivity contribution < 1.29 is 13.9 Å². The Morgan fingerprint density at radius 2 is 2.11 bits per heavy atom. The number of nitrogens with one attached hydrogen (secondary N) is 1. The number of benzene rings is 1. The fraction of sp³-hybridized carbons (Fsp3) is 0.571. The van der Waals surface area contributed by atoms with Crippen molar-refractivity contribution in [3.8, 4) is 5.75 Å². The van der Waals surface area contributed by atoms with Crippen LogP contribution < -0.4 is 10.1 Å². The molecular weight excluding hydrogens is 233 g/mol. The maximum atomic E-state index is 14.3. The molecule has 1 fully saturated rings. The molecule has 0 saturated carbocycles. The van der Waals surface area contributed by atoms with Crippen molar-refractivity contribution in [2.24, 2.45) is 5.92 Å². The zero-order valence-electron chi connectivity index (χ0n) is 10.9. The molecule has 4 heteroatoms. The van der Waals surface area contributed by atoms with E-state index in [2.05, 4.69) is 5.32 Å². The highest BCUT2D eigenvalue weighted by Gasteiger charge is 2.27. The Hall–Kier alpha value is -1.13. The summed E-state index contributed by atoms with van der Waals surface area (Å²) in [4.78, 5) is 0. The molecule has 0 amide bonds. The molecule has 0 bridgehead atoms. The van der Waals surface area contributed by atoms with E-state index in [1.807, 2.05) is 19.2 Å². The standard InChI is InChI=1S/C14H20FNO2/c1-16-14(10-6-8-18-9-7-10)11-4-3-5-12(17-2)13(11)15/h3-5,10,14,16H,6-9H2,1-2H3. The lowest BCUT2D eigenvalue weighted by Crippen LogP contribution is -2.30. The topological polar surface area (TPSA) is 30.5 Å². The van der Waals surface area contributed by atoms with Crippen LogP contribution in [0.4, 0.5) is 4.39 Å². The van der Waals surface area contributed by atoms with E-state index in [4.69, 9.17) is 9.47 Å². The molecule has 2 rings (SSSR count). The summed E-state index contributed by atoms with van der Waals surface area (Å²) in [5.74, 6) is 0.455. The molecule has 18 heavy (non-hydrogen) atoms. The van der Waals surface area contributed by atoms with E-state index >= 15 is 0 Å². The Kier molecular flexibility index (Phi) is 4.55. The van der Waals surface area contributed by atoms with Crippen LogP contribution in [0.25, 0.3) is 0 Å². The number of hydrogen-bond acceptors (Lipinski definition) is 3. The van der Waals surface area contributed by atoms with Gasteiger partial charge in [0.05, 0.1) is 7.11 Å². The van der Waals surface area contributed by atoms with Crippen molar-refractivity contribution in [1.29, 1.82) is 0 Å². The molecule has 0 aromatic heterocycles. The summed E-state index contributed by atoms with van der Waals surface area (Å²) < 4.78 is 24.7. The second kappa shape index (κ2) is 6.16. The van der Waals surface area contributed by atoms with Crippen molar-refractivity contribution in [1.82, 2.24) is 5.32 Å². The lowest BCUT2D eigenvalue weighted by atomic mass is 9.87. The first-order valence-corrected chi connectivity index (χ1v) is 6.35. The third-order valence-corrected chi connectivity index (χ3v) is 3.60. The van der Waals surface area contributed by atoms with Gasteiger partial charge in [0.1, 0.15) is 0 Å². The van der Waals surface area contributed by atoms with Crippen LogP contribution in [0.5, 0.6) is 5.75 Å². The van der Waals surface area contributed by atoms with E-state index < -0.39 is 0 Å². The first-order chi connectivity index (χ1) is 8.77. The summed E-state index contributed by atoms with van der Waals surface area (Å²) in [6.45, 7) is 1.52. The van der Waals surface area contributed by atoms with E-state index in [9.17, 15) is 4.39 Å². The number of rotatable bonds is 4. The summed E-state index contributed by atoms with van der Waals surface area (Å²) in [7, 11) is 3.37. The quantitative estimate of drug-likeness (QED) is 0.894. The Morgan fingerprint density at radius 3 is 2.72 bits per heavy atom. The SMILES string of the molecule is CNC(c1cccc(OC)c1F)C1CCOCC1. The van der Waals surface area contributed by atoms with Crippen LogP contribution in [0.2, 0.25) is 0 Å². The summed E-state index contributed by atoms with van der Waals surface area (Å²) in [6.07, 6.45) is 1.92. The van der Waals surface area contributed by atoms with Crippen molar-refractivity contribution >= 4 is 0 Å². The molecule has 0 aliphatic carbocycles. The van der Waals surface area contributed by atoms with Crippen molar-refractivity contribution in [3.05, 3.63) is 29.6 Å². The molecule has 1 atom stereocenters. The zero-order chi connectivity index (χ0) is 13.0. The molecule has 1 saturated heterocycles. The maximum Gasteiger partial charge on any atom is 0.169 e. The predicted octanol–water partition coefficient (Wildman–Crippen LogP) is 2.52. The zero-order valence-corrected chi connectivity index (χ0v) is 10.9. The lowest BCUT2D eigenvalue weighted by Gasteiger charge is -2.30. The minimum atomic E-state index is -0.258. The normalized spacial score (nSPS) is 18.6. The highest BCUT2D eigenvalue weighted by atomic mass is 19.1. The van der Waals surface area contributed by atoms with Crippen molar-refractivity contribution in [2.75, 3.05) is 27.4 Å². The fourth-order valence-electron chi connectivity index (χ4n) is 2.62. The van der Waals surface area contributed by atoms with Crippen LogP contribution >= 0.6 is 0 Å². The highest BCUT2D eigenvalue weighted by molar-refractivity contribution is 5.33. The Bertz CT molecular complexity index is 391. The first-order valence-electron chi connectivity index (χ1n) is 6.35. The Labute approximate surface area is 107 Å². The van der Waals surface area contributed by atoms with Gasteiger partial charge in [-0.2, -0.15) is 0 Å². The summed E-state index contributed by atoms with van der Waals surface area (Å²) in [6, 6.07) is 5.33. The van der Waals surface area contributed by atoms with Gasteiger partial charge in [-0.25, -0.2) is 4.39 Å². The molecule has 1 unspecified atom stereocenters. The monoisotopic (exact) mass is 253 g/mol. The molecule has 1 aliphatic rings. The molecular formula is C14H20FNO2.